The first-order valence-electron chi connectivity index (χ1n) is 6.17. The summed E-state index contributed by atoms with van der Waals surface area (Å²) in [5.41, 5.74) is 0. The Bertz CT molecular complexity index is 129. The zero-order valence-electron chi connectivity index (χ0n) is 10.6. The van der Waals surface area contributed by atoms with Gasteiger partial charge in [-0.25, -0.2) is 0 Å². The van der Waals surface area contributed by atoms with E-state index in [1.54, 1.807) is 0 Å². The van der Waals surface area contributed by atoms with E-state index in [9.17, 15) is 0 Å². The number of likely N-dealkylation sites (N-methyl/N-ethyl adjacent to an activating group) is 1. The highest BCUT2D eigenvalue weighted by molar-refractivity contribution is 4.56. The second-order valence-electron chi connectivity index (χ2n) is 4.69. The van der Waals surface area contributed by atoms with Crippen LogP contribution in [0, 0.1) is 5.92 Å². The molecule has 15 heavy (non-hydrogen) atoms. The van der Waals surface area contributed by atoms with Gasteiger partial charge < -0.3 is 15.3 Å². The highest BCUT2D eigenvalue weighted by Crippen LogP contribution is 1.96. The summed E-state index contributed by atoms with van der Waals surface area (Å²) in [4.78, 5) is 2.35. The van der Waals surface area contributed by atoms with E-state index in [0.717, 1.165) is 44.9 Å². The van der Waals surface area contributed by atoms with Gasteiger partial charge in [0.2, 0.25) is 0 Å². The van der Waals surface area contributed by atoms with E-state index in [-0.39, 0.29) is 0 Å². The molecule has 0 saturated heterocycles. The SMILES string of the molecule is CC(C)CNCCN(C)CCCCCO. The number of nitrogens with one attached hydrogen (secondary N) is 1. The van der Waals surface area contributed by atoms with Gasteiger partial charge in [-0.3, -0.25) is 0 Å². The third-order valence-corrected chi connectivity index (χ3v) is 2.42. The molecule has 0 aliphatic rings. The lowest BCUT2D eigenvalue weighted by Gasteiger charge is -2.17. The van der Waals surface area contributed by atoms with Crippen LogP contribution in [0.3, 0.4) is 0 Å². The number of unbranched alkanes of at least 4 members (excludes halogenated alkanes) is 2. The topological polar surface area (TPSA) is 35.5 Å². The third-order valence-electron chi connectivity index (χ3n) is 2.42. The summed E-state index contributed by atoms with van der Waals surface area (Å²) < 4.78 is 0. The number of aliphatic hydroxyl groups is 1. The van der Waals surface area contributed by atoms with Crippen molar-refractivity contribution in [3.8, 4) is 0 Å². The second kappa shape index (κ2) is 10.4. The first kappa shape index (κ1) is 14.9. The van der Waals surface area contributed by atoms with Crippen molar-refractivity contribution in [2.45, 2.75) is 33.1 Å². The van der Waals surface area contributed by atoms with E-state index < -0.39 is 0 Å². The summed E-state index contributed by atoms with van der Waals surface area (Å²) in [5.74, 6) is 0.736. The molecule has 0 saturated carbocycles. The van der Waals surface area contributed by atoms with Crippen LogP contribution in [0.15, 0.2) is 0 Å². The van der Waals surface area contributed by atoms with Crippen molar-refractivity contribution in [2.75, 3.05) is 39.8 Å². The van der Waals surface area contributed by atoms with Crippen LogP contribution in [0.25, 0.3) is 0 Å². The normalized spacial score (nSPS) is 11.6. The smallest absolute Gasteiger partial charge is 0.0431 e. The van der Waals surface area contributed by atoms with E-state index in [1.807, 2.05) is 0 Å². The van der Waals surface area contributed by atoms with Gasteiger partial charge in [-0.2, -0.15) is 0 Å². The van der Waals surface area contributed by atoms with Gasteiger partial charge in [-0.15, -0.1) is 0 Å². The molecule has 0 aliphatic carbocycles. The molecule has 0 atom stereocenters. The minimum absolute atomic E-state index is 0.333. The standard InChI is InChI=1S/C12H28N2O/c1-12(2)11-13-7-9-14(3)8-5-4-6-10-15/h12-13,15H,4-11H2,1-3H3. The Hall–Kier alpha value is -0.120. The van der Waals surface area contributed by atoms with Crippen molar-refractivity contribution in [3.63, 3.8) is 0 Å². The Morgan fingerprint density at radius 3 is 2.47 bits per heavy atom. The van der Waals surface area contributed by atoms with E-state index in [2.05, 4.69) is 31.1 Å². The fourth-order valence-corrected chi connectivity index (χ4v) is 1.44. The largest absolute Gasteiger partial charge is 0.396 e. The number of rotatable bonds is 10. The molecule has 0 fully saturated rings. The zero-order chi connectivity index (χ0) is 11.5. The van der Waals surface area contributed by atoms with E-state index in [4.69, 9.17) is 5.11 Å². The minimum Gasteiger partial charge on any atom is -0.396 e. The van der Waals surface area contributed by atoms with Crippen molar-refractivity contribution in [1.29, 1.82) is 0 Å². The maximum Gasteiger partial charge on any atom is 0.0431 e. The Morgan fingerprint density at radius 2 is 1.87 bits per heavy atom. The molecule has 0 radical (unpaired) electrons. The fraction of sp³-hybridized carbons (Fsp3) is 1.00. The summed E-state index contributed by atoms with van der Waals surface area (Å²) >= 11 is 0. The van der Waals surface area contributed by atoms with Crippen molar-refractivity contribution in [1.82, 2.24) is 10.2 Å². The summed E-state index contributed by atoms with van der Waals surface area (Å²) in [6.45, 7) is 9.24. The molecule has 0 amide bonds. The third kappa shape index (κ3) is 11.8. The lowest BCUT2D eigenvalue weighted by atomic mass is 10.2. The van der Waals surface area contributed by atoms with Crippen LogP contribution in [0.1, 0.15) is 33.1 Å². The van der Waals surface area contributed by atoms with Crippen LogP contribution in [0.2, 0.25) is 0 Å². The van der Waals surface area contributed by atoms with Gasteiger partial charge in [-0.05, 0) is 45.3 Å². The van der Waals surface area contributed by atoms with Crippen molar-refractivity contribution >= 4 is 0 Å². The molecule has 0 aliphatic heterocycles. The first-order valence-corrected chi connectivity index (χ1v) is 6.17. The number of hydrogen-bond donors (Lipinski definition) is 2. The van der Waals surface area contributed by atoms with Crippen molar-refractivity contribution in [3.05, 3.63) is 0 Å². The van der Waals surface area contributed by atoms with Gasteiger partial charge in [0.05, 0.1) is 0 Å². The first-order chi connectivity index (χ1) is 7.16. The number of hydrogen-bond acceptors (Lipinski definition) is 3. The summed E-state index contributed by atoms with van der Waals surface area (Å²) in [5, 5.41) is 12.1. The van der Waals surface area contributed by atoms with Gasteiger partial charge >= 0.3 is 0 Å². The highest BCUT2D eigenvalue weighted by Gasteiger charge is 1.98. The van der Waals surface area contributed by atoms with Crippen molar-refractivity contribution in [2.24, 2.45) is 5.92 Å². The van der Waals surface area contributed by atoms with E-state index >= 15 is 0 Å². The van der Waals surface area contributed by atoms with Crippen LogP contribution < -0.4 is 5.32 Å². The lowest BCUT2D eigenvalue weighted by molar-refractivity contribution is 0.272. The van der Waals surface area contributed by atoms with Crippen molar-refractivity contribution < 1.29 is 5.11 Å². The molecule has 3 nitrogen and oxygen atoms in total. The predicted octanol–water partition coefficient (Wildman–Crippen LogP) is 1.33. The monoisotopic (exact) mass is 216 g/mol. The number of aliphatic hydroxyl groups excluding tert-OH is 1. The minimum atomic E-state index is 0.333. The second-order valence-corrected chi connectivity index (χ2v) is 4.69. The quantitative estimate of drug-likeness (QED) is 0.541. The Balaban J connectivity index is 3.15. The van der Waals surface area contributed by atoms with Gasteiger partial charge in [0, 0.05) is 19.7 Å². The molecular formula is C12H28N2O. The average Bonchev–Trinajstić information content (AvgIpc) is 2.19. The van der Waals surface area contributed by atoms with E-state index in [1.165, 1.54) is 6.42 Å². The Morgan fingerprint density at radius 1 is 1.13 bits per heavy atom. The molecule has 0 aromatic heterocycles. The highest BCUT2D eigenvalue weighted by atomic mass is 16.2. The van der Waals surface area contributed by atoms with Gasteiger partial charge in [0.25, 0.3) is 0 Å². The summed E-state index contributed by atoms with van der Waals surface area (Å²) in [7, 11) is 2.16. The van der Waals surface area contributed by atoms with E-state index in [0.29, 0.717) is 6.61 Å². The molecule has 0 bridgehead atoms. The molecule has 3 heteroatoms. The van der Waals surface area contributed by atoms with Crippen LogP contribution in [-0.4, -0.2) is 49.8 Å². The van der Waals surface area contributed by atoms with Gasteiger partial charge in [0.15, 0.2) is 0 Å². The molecule has 0 aromatic rings. The molecule has 2 N–H and O–H groups in total. The molecule has 0 unspecified atom stereocenters. The van der Waals surface area contributed by atoms with Gasteiger partial charge in [-0.1, -0.05) is 13.8 Å². The molecule has 92 valence electrons. The zero-order valence-corrected chi connectivity index (χ0v) is 10.6. The summed E-state index contributed by atoms with van der Waals surface area (Å²) in [6.07, 6.45) is 3.28. The molecule has 0 aromatic carbocycles. The molecular weight excluding hydrogens is 188 g/mol. The average molecular weight is 216 g/mol. The van der Waals surface area contributed by atoms with Crippen LogP contribution >= 0.6 is 0 Å². The van der Waals surface area contributed by atoms with Crippen LogP contribution in [0.5, 0.6) is 0 Å². The molecule has 0 rings (SSSR count). The maximum absolute atomic E-state index is 8.63. The summed E-state index contributed by atoms with van der Waals surface area (Å²) in [6, 6.07) is 0. The van der Waals surface area contributed by atoms with Crippen LogP contribution in [-0.2, 0) is 0 Å². The Kier molecular flexibility index (Phi) is 10.3. The molecule has 0 heterocycles. The Labute approximate surface area is 94.9 Å². The van der Waals surface area contributed by atoms with Gasteiger partial charge in [0.1, 0.15) is 0 Å². The maximum atomic E-state index is 8.63. The number of nitrogens with zero attached hydrogens (tertiary/aromatic N) is 1. The van der Waals surface area contributed by atoms with Crippen LogP contribution in [0.4, 0.5) is 0 Å². The molecule has 0 spiro atoms. The predicted molar refractivity (Wildman–Crippen MR) is 66.1 cm³/mol. The fourth-order valence-electron chi connectivity index (χ4n) is 1.44. The lowest BCUT2D eigenvalue weighted by Crippen LogP contribution is -2.31.